The molecular formula is C47H56BClF3N5O5S3. The fourth-order valence-corrected chi connectivity index (χ4v) is 12.0. The van der Waals surface area contributed by atoms with Crippen LogP contribution in [0.25, 0.3) is 5.57 Å². The summed E-state index contributed by atoms with van der Waals surface area (Å²) in [6.45, 7) is 11.1. The first-order valence-electron chi connectivity index (χ1n) is 22.1. The molecule has 2 N–H and O–H groups in total. The van der Waals surface area contributed by atoms with E-state index in [-0.39, 0.29) is 16.7 Å². The predicted octanol–water partition coefficient (Wildman–Crippen LogP) is 9.09. The molecule has 18 heteroatoms. The Kier molecular flexibility index (Phi) is 15.7. The molecule has 348 valence electrons. The molecule has 7 rings (SSSR count). The third-order valence-corrected chi connectivity index (χ3v) is 16.8. The zero-order valence-corrected chi connectivity index (χ0v) is 40.0. The number of allylic oxidation sites excluding steroid dienone is 1. The molecule has 2 saturated heterocycles. The van der Waals surface area contributed by atoms with E-state index in [1.54, 1.807) is 12.1 Å². The average molecular weight is 970 g/mol. The fraction of sp³-hybridized carbons (Fsp3) is 0.426. The molecule has 65 heavy (non-hydrogen) atoms. The lowest BCUT2D eigenvalue weighted by atomic mass is 9.68. The average Bonchev–Trinajstić information content (AvgIpc) is 3.28. The molecule has 1 aliphatic carbocycles. The van der Waals surface area contributed by atoms with E-state index in [1.165, 1.54) is 40.6 Å². The highest BCUT2D eigenvalue weighted by molar-refractivity contribution is 7.99. The first-order valence-corrected chi connectivity index (χ1v) is 26.4. The summed E-state index contributed by atoms with van der Waals surface area (Å²) >= 11 is 7.66. The number of amides is 1. The number of halogens is 4. The van der Waals surface area contributed by atoms with Gasteiger partial charge in [0, 0.05) is 72.2 Å². The number of benzene rings is 4. The van der Waals surface area contributed by atoms with Crippen LogP contribution in [0, 0.1) is 5.41 Å². The van der Waals surface area contributed by atoms with Crippen LogP contribution in [0.3, 0.4) is 0 Å². The van der Waals surface area contributed by atoms with Crippen LogP contribution in [0.5, 0.6) is 0 Å². The van der Waals surface area contributed by atoms with Gasteiger partial charge in [0.1, 0.15) is 12.2 Å². The number of hydrogen-bond acceptors (Lipinski definition) is 10. The van der Waals surface area contributed by atoms with Crippen molar-refractivity contribution in [2.75, 3.05) is 68.3 Å². The van der Waals surface area contributed by atoms with E-state index >= 15 is 0 Å². The van der Waals surface area contributed by atoms with Gasteiger partial charge >= 0.3 is 5.51 Å². The third kappa shape index (κ3) is 12.7. The standard InChI is InChI=1S/C47H56BClF3N5O5S3/c1-46(2)20-18-42(34-8-12-37(49)13-9-34)36(31-46)32-56-26-28-57(29-27-56)39-14-10-35(11-15-39)45(58)54-65(61,62)41-16-17-43(44(30-41)64(59,60)47(50,51)52)53-38(19-23-55-24-21-48-22-25-55)33-63-40-6-4-3-5-7-40/h3-17,30,38,48,53H,18-29,31-33H2,1-2H3,(H,54,58)/t38-/m1/s1. The van der Waals surface area contributed by atoms with Crippen molar-refractivity contribution in [1.82, 2.24) is 14.5 Å². The van der Waals surface area contributed by atoms with Gasteiger partial charge in [-0.2, -0.15) is 13.2 Å². The quantitative estimate of drug-likeness (QED) is 0.0832. The maximum Gasteiger partial charge on any atom is 0.501 e. The van der Waals surface area contributed by atoms with E-state index in [2.05, 4.69) is 46.0 Å². The summed E-state index contributed by atoms with van der Waals surface area (Å²) < 4.78 is 97.8. The zero-order chi connectivity index (χ0) is 46.4. The summed E-state index contributed by atoms with van der Waals surface area (Å²) in [5.41, 5.74) is -0.951. The molecule has 3 aliphatic rings. The monoisotopic (exact) mass is 969 g/mol. The maximum absolute atomic E-state index is 14.2. The van der Waals surface area contributed by atoms with Crippen LogP contribution in [0.2, 0.25) is 17.7 Å². The summed E-state index contributed by atoms with van der Waals surface area (Å²) in [6, 6.07) is 26.0. The second-order valence-corrected chi connectivity index (χ2v) is 23.1. The van der Waals surface area contributed by atoms with Gasteiger partial charge < -0.3 is 15.1 Å². The first-order chi connectivity index (χ1) is 30.9. The Hall–Kier alpha value is -4.00. The number of hydrogen-bond donors (Lipinski definition) is 2. The van der Waals surface area contributed by atoms with E-state index in [1.807, 2.05) is 47.2 Å². The molecule has 0 bridgehead atoms. The van der Waals surface area contributed by atoms with Crippen LogP contribution in [0.4, 0.5) is 24.5 Å². The molecule has 0 radical (unpaired) electrons. The summed E-state index contributed by atoms with van der Waals surface area (Å²) in [5, 5.41) is 3.74. The Bertz CT molecular complexity index is 2540. The SMILES string of the molecule is CC1(C)CCC(c2ccc(Cl)cc2)=C(CN2CCN(c3ccc(C(=O)NS(=O)(=O)c4ccc(N[C@H](CCN5CCBCC5)CSc5ccccc5)c(S(=O)(=O)C(F)(F)F)c4)cc3)CC2)C1. The number of thioether (sulfide) groups is 1. The molecule has 0 saturated carbocycles. The van der Waals surface area contributed by atoms with Crippen molar-refractivity contribution in [2.24, 2.45) is 5.41 Å². The van der Waals surface area contributed by atoms with E-state index in [0.717, 1.165) is 108 Å². The number of sulfone groups is 1. The van der Waals surface area contributed by atoms with Crippen molar-refractivity contribution in [3.63, 3.8) is 0 Å². The van der Waals surface area contributed by atoms with Crippen molar-refractivity contribution in [1.29, 1.82) is 0 Å². The normalized spacial score (nSPS) is 18.2. The van der Waals surface area contributed by atoms with Gasteiger partial charge in [-0.1, -0.05) is 74.0 Å². The number of carbonyl (C=O) groups is 1. The number of piperazine rings is 1. The molecule has 0 spiro atoms. The Balaban J connectivity index is 1.02. The minimum atomic E-state index is -6.04. The first kappa shape index (κ1) is 48.9. The fourth-order valence-electron chi connectivity index (χ4n) is 8.85. The lowest BCUT2D eigenvalue weighted by molar-refractivity contribution is -0.0435. The number of carbonyl (C=O) groups excluding carboxylic acids is 1. The van der Waals surface area contributed by atoms with Crippen LogP contribution in [0.1, 0.15) is 55.5 Å². The molecule has 2 fully saturated rings. The van der Waals surface area contributed by atoms with Crippen LogP contribution >= 0.6 is 23.4 Å². The van der Waals surface area contributed by atoms with E-state index in [0.29, 0.717) is 29.8 Å². The van der Waals surface area contributed by atoms with Gasteiger partial charge in [0.15, 0.2) is 0 Å². The van der Waals surface area contributed by atoms with Crippen molar-refractivity contribution in [3.05, 3.63) is 119 Å². The van der Waals surface area contributed by atoms with Crippen molar-refractivity contribution in [2.45, 2.75) is 78.4 Å². The van der Waals surface area contributed by atoms with Gasteiger partial charge in [-0.25, -0.2) is 21.6 Å². The summed E-state index contributed by atoms with van der Waals surface area (Å²) in [5.74, 6) is -0.613. The minimum absolute atomic E-state index is 0.00595. The third-order valence-electron chi connectivity index (χ3n) is 12.5. The van der Waals surface area contributed by atoms with Gasteiger partial charge in [-0.05, 0) is 122 Å². The highest BCUT2D eigenvalue weighted by atomic mass is 35.5. The molecule has 1 amide bonds. The van der Waals surface area contributed by atoms with Crippen LogP contribution in [0.15, 0.2) is 117 Å². The molecule has 4 aromatic rings. The van der Waals surface area contributed by atoms with Crippen LogP contribution < -0.4 is 14.9 Å². The van der Waals surface area contributed by atoms with Gasteiger partial charge in [-0.15, -0.1) is 11.8 Å². The van der Waals surface area contributed by atoms with Crippen molar-refractivity contribution >= 4 is 73.4 Å². The highest BCUT2D eigenvalue weighted by Crippen LogP contribution is 2.43. The largest absolute Gasteiger partial charge is 0.501 e. The maximum atomic E-state index is 14.2. The summed E-state index contributed by atoms with van der Waals surface area (Å²) in [4.78, 5) is 19.2. The molecule has 2 heterocycles. The number of nitrogens with one attached hydrogen (secondary N) is 2. The smallest absolute Gasteiger partial charge is 0.380 e. The topological polar surface area (TPSA) is 119 Å². The van der Waals surface area contributed by atoms with Crippen molar-refractivity contribution < 1.29 is 34.8 Å². The Labute approximate surface area is 391 Å². The molecule has 0 aromatic heterocycles. The van der Waals surface area contributed by atoms with E-state index < -0.39 is 47.1 Å². The highest BCUT2D eigenvalue weighted by Gasteiger charge is 2.48. The summed E-state index contributed by atoms with van der Waals surface area (Å²) in [6.07, 6.45) is 5.76. The number of sulfonamides is 1. The Morgan fingerprint density at radius 1 is 0.862 bits per heavy atom. The van der Waals surface area contributed by atoms with Gasteiger partial charge in [0.2, 0.25) is 0 Å². The van der Waals surface area contributed by atoms with Gasteiger partial charge in [0.25, 0.3) is 25.8 Å². The zero-order valence-electron chi connectivity index (χ0n) is 36.7. The molecule has 2 aliphatic heterocycles. The molecule has 10 nitrogen and oxygen atoms in total. The van der Waals surface area contributed by atoms with Crippen LogP contribution in [-0.4, -0.2) is 109 Å². The van der Waals surface area contributed by atoms with Gasteiger partial charge in [-0.3, -0.25) is 9.69 Å². The minimum Gasteiger partial charge on any atom is -0.380 e. The lowest BCUT2D eigenvalue weighted by Crippen LogP contribution is -2.47. The van der Waals surface area contributed by atoms with E-state index in [4.69, 9.17) is 11.6 Å². The number of nitrogens with zero attached hydrogens (tertiary/aromatic N) is 3. The number of alkyl halides is 3. The Morgan fingerprint density at radius 3 is 2.20 bits per heavy atom. The number of anilines is 2. The van der Waals surface area contributed by atoms with E-state index in [9.17, 15) is 34.8 Å². The van der Waals surface area contributed by atoms with Crippen LogP contribution in [-0.2, 0) is 19.9 Å². The predicted molar refractivity (Wildman–Crippen MR) is 258 cm³/mol. The molecule has 0 unspecified atom stereocenters. The molecule has 4 aromatic carbocycles. The second-order valence-electron chi connectivity index (χ2n) is 17.9. The lowest BCUT2D eigenvalue weighted by Gasteiger charge is -2.39. The number of rotatable bonds is 16. The second kappa shape index (κ2) is 20.9. The molecular weight excluding hydrogens is 914 g/mol. The summed E-state index contributed by atoms with van der Waals surface area (Å²) in [7, 11) is -9.73. The Morgan fingerprint density at radius 2 is 1.54 bits per heavy atom. The molecule has 1 atom stereocenters. The van der Waals surface area contributed by atoms with Gasteiger partial charge in [0.05, 0.1) is 10.6 Å². The van der Waals surface area contributed by atoms with Crippen molar-refractivity contribution in [3.8, 4) is 0 Å².